The van der Waals surface area contributed by atoms with Crippen LogP contribution >= 0.6 is 0 Å². The molecule has 0 spiro atoms. The van der Waals surface area contributed by atoms with Gasteiger partial charge in [-0.3, -0.25) is 4.79 Å². The van der Waals surface area contributed by atoms with E-state index in [4.69, 9.17) is 5.73 Å². The van der Waals surface area contributed by atoms with Crippen LogP contribution in [0.5, 0.6) is 0 Å². The summed E-state index contributed by atoms with van der Waals surface area (Å²) < 4.78 is 0. The highest BCUT2D eigenvalue weighted by Gasteiger charge is 2.37. The summed E-state index contributed by atoms with van der Waals surface area (Å²) in [4.78, 5) is 16.7. The number of rotatable bonds is 4. The lowest BCUT2D eigenvalue weighted by Crippen LogP contribution is -2.47. The Morgan fingerprint density at radius 1 is 1.62 bits per heavy atom. The monoisotopic (exact) mass is 221 g/mol. The van der Waals surface area contributed by atoms with Crippen molar-refractivity contribution in [3.63, 3.8) is 0 Å². The summed E-state index contributed by atoms with van der Waals surface area (Å²) in [5, 5.41) is 0. The molecule has 4 heteroatoms. The first kappa shape index (κ1) is 11.2. The minimum absolute atomic E-state index is 0.0460. The molecule has 1 aliphatic rings. The molecule has 4 nitrogen and oxygen atoms in total. The zero-order chi connectivity index (χ0) is 11.6. The van der Waals surface area contributed by atoms with Crippen LogP contribution in [0.25, 0.3) is 0 Å². The molecule has 0 atom stereocenters. The number of aromatic amines is 1. The molecule has 1 aromatic rings. The van der Waals surface area contributed by atoms with E-state index in [1.165, 1.54) is 6.42 Å². The average Bonchev–Trinajstić information content (AvgIpc) is 2.75. The zero-order valence-electron chi connectivity index (χ0n) is 9.70. The second kappa shape index (κ2) is 4.29. The Bertz CT molecular complexity index is 349. The highest BCUT2D eigenvalue weighted by atomic mass is 16.2. The Labute approximate surface area is 95.8 Å². The van der Waals surface area contributed by atoms with Crippen molar-refractivity contribution in [2.24, 2.45) is 11.1 Å². The van der Waals surface area contributed by atoms with Crippen molar-refractivity contribution in [3.05, 3.63) is 24.0 Å². The zero-order valence-corrected chi connectivity index (χ0v) is 9.70. The van der Waals surface area contributed by atoms with E-state index in [0.29, 0.717) is 12.2 Å². The largest absolute Gasteiger partial charge is 0.357 e. The topological polar surface area (TPSA) is 62.1 Å². The molecule has 1 saturated carbocycles. The Morgan fingerprint density at radius 2 is 2.38 bits per heavy atom. The first-order chi connectivity index (χ1) is 7.67. The first-order valence-corrected chi connectivity index (χ1v) is 5.76. The average molecular weight is 221 g/mol. The fourth-order valence-electron chi connectivity index (χ4n) is 2.35. The lowest BCUT2D eigenvalue weighted by Gasteiger charge is -2.43. The van der Waals surface area contributed by atoms with Gasteiger partial charge in [-0.1, -0.05) is 6.42 Å². The third-order valence-electron chi connectivity index (χ3n) is 3.59. The fourth-order valence-corrected chi connectivity index (χ4v) is 2.35. The summed E-state index contributed by atoms with van der Waals surface area (Å²) in [6, 6.07) is 3.64. The maximum absolute atomic E-state index is 12.0. The van der Waals surface area contributed by atoms with Gasteiger partial charge in [0.25, 0.3) is 5.91 Å². The fraction of sp³-hybridized carbons (Fsp3) is 0.583. The van der Waals surface area contributed by atoms with Crippen molar-refractivity contribution in [2.75, 3.05) is 20.1 Å². The standard InChI is InChI=1S/C12H19N3O/c1-15(9-12(8-13)5-3-6-12)11(16)10-4-2-7-14-10/h2,4,7,14H,3,5-6,8-9,13H2,1H3. The molecular formula is C12H19N3O. The van der Waals surface area contributed by atoms with Crippen molar-refractivity contribution in [1.82, 2.24) is 9.88 Å². The van der Waals surface area contributed by atoms with Gasteiger partial charge in [-0.25, -0.2) is 0 Å². The van der Waals surface area contributed by atoms with Crippen LogP contribution in [-0.2, 0) is 0 Å². The minimum Gasteiger partial charge on any atom is -0.357 e. The second-order valence-electron chi connectivity index (χ2n) is 4.80. The number of carbonyl (C=O) groups excluding carboxylic acids is 1. The second-order valence-corrected chi connectivity index (χ2v) is 4.80. The molecule has 0 unspecified atom stereocenters. The summed E-state index contributed by atoms with van der Waals surface area (Å²) in [7, 11) is 1.85. The molecule has 0 aromatic carbocycles. The molecule has 0 saturated heterocycles. The van der Waals surface area contributed by atoms with Crippen LogP contribution < -0.4 is 5.73 Å². The molecule has 0 bridgehead atoms. The Hall–Kier alpha value is -1.29. The molecule has 1 aliphatic carbocycles. The van der Waals surface area contributed by atoms with Gasteiger partial charge < -0.3 is 15.6 Å². The summed E-state index contributed by atoms with van der Waals surface area (Å²) in [5.41, 5.74) is 6.61. The molecule has 1 heterocycles. The third-order valence-corrected chi connectivity index (χ3v) is 3.59. The van der Waals surface area contributed by atoms with E-state index >= 15 is 0 Å². The van der Waals surface area contributed by atoms with E-state index in [9.17, 15) is 4.79 Å². The molecule has 3 N–H and O–H groups in total. The molecule has 1 fully saturated rings. The summed E-state index contributed by atoms with van der Waals surface area (Å²) in [6.45, 7) is 1.44. The SMILES string of the molecule is CN(CC1(CN)CCC1)C(=O)c1ccc[nH]1. The Morgan fingerprint density at radius 3 is 2.81 bits per heavy atom. The van der Waals surface area contributed by atoms with Crippen LogP contribution in [-0.4, -0.2) is 35.9 Å². The molecule has 2 rings (SSSR count). The number of carbonyl (C=O) groups is 1. The number of aromatic nitrogens is 1. The number of hydrogen-bond donors (Lipinski definition) is 2. The molecule has 1 amide bonds. The van der Waals surface area contributed by atoms with Crippen molar-refractivity contribution in [3.8, 4) is 0 Å². The van der Waals surface area contributed by atoms with Gasteiger partial charge in [0.2, 0.25) is 0 Å². The third kappa shape index (κ3) is 1.97. The van der Waals surface area contributed by atoms with E-state index in [1.807, 2.05) is 13.1 Å². The Kier molecular flexibility index (Phi) is 3.01. The van der Waals surface area contributed by atoms with E-state index in [2.05, 4.69) is 4.98 Å². The van der Waals surface area contributed by atoms with E-state index in [1.54, 1.807) is 17.2 Å². The normalized spacial score (nSPS) is 17.9. The molecule has 88 valence electrons. The van der Waals surface area contributed by atoms with Crippen molar-refractivity contribution in [2.45, 2.75) is 19.3 Å². The molecule has 0 radical (unpaired) electrons. The Balaban J connectivity index is 1.97. The van der Waals surface area contributed by atoms with Crippen molar-refractivity contribution in [1.29, 1.82) is 0 Å². The first-order valence-electron chi connectivity index (χ1n) is 5.76. The number of nitrogens with zero attached hydrogens (tertiary/aromatic N) is 1. The summed E-state index contributed by atoms with van der Waals surface area (Å²) in [6.07, 6.45) is 5.29. The van der Waals surface area contributed by atoms with Crippen LogP contribution in [0.3, 0.4) is 0 Å². The van der Waals surface area contributed by atoms with E-state index < -0.39 is 0 Å². The predicted octanol–water partition coefficient (Wildman–Crippen LogP) is 1.22. The number of nitrogens with two attached hydrogens (primary N) is 1. The van der Waals surface area contributed by atoms with Gasteiger partial charge in [0.1, 0.15) is 5.69 Å². The molecule has 1 aromatic heterocycles. The smallest absolute Gasteiger partial charge is 0.270 e. The van der Waals surface area contributed by atoms with Crippen molar-refractivity contribution < 1.29 is 4.79 Å². The van der Waals surface area contributed by atoms with Crippen LogP contribution in [0, 0.1) is 5.41 Å². The summed E-state index contributed by atoms with van der Waals surface area (Å²) in [5.74, 6) is 0.0460. The lowest BCUT2D eigenvalue weighted by atomic mass is 9.68. The van der Waals surface area contributed by atoms with E-state index in [0.717, 1.165) is 19.4 Å². The van der Waals surface area contributed by atoms with Gasteiger partial charge in [0.05, 0.1) is 0 Å². The van der Waals surface area contributed by atoms with E-state index in [-0.39, 0.29) is 11.3 Å². The van der Waals surface area contributed by atoms with Gasteiger partial charge in [-0.05, 0) is 31.5 Å². The maximum atomic E-state index is 12.0. The molecule has 0 aliphatic heterocycles. The van der Waals surface area contributed by atoms with Crippen LogP contribution in [0.15, 0.2) is 18.3 Å². The van der Waals surface area contributed by atoms with Crippen LogP contribution in [0.1, 0.15) is 29.8 Å². The number of H-pyrrole nitrogens is 1. The van der Waals surface area contributed by atoms with Gasteiger partial charge in [0, 0.05) is 25.2 Å². The predicted molar refractivity (Wildman–Crippen MR) is 63.1 cm³/mol. The highest BCUT2D eigenvalue weighted by molar-refractivity contribution is 5.92. The number of amides is 1. The number of hydrogen-bond acceptors (Lipinski definition) is 2. The van der Waals surface area contributed by atoms with Gasteiger partial charge in [0.15, 0.2) is 0 Å². The lowest BCUT2D eigenvalue weighted by molar-refractivity contribution is 0.0564. The highest BCUT2D eigenvalue weighted by Crippen LogP contribution is 2.40. The minimum atomic E-state index is 0.0460. The molecular weight excluding hydrogens is 202 g/mol. The quantitative estimate of drug-likeness (QED) is 0.803. The maximum Gasteiger partial charge on any atom is 0.270 e. The summed E-state index contributed by atoms with van der Waals surface area (Å²) >= 11 is 0. The van der Waals surface area contributed by atoms with Crippen LogP contribution in [0.2, 0.25) is 0 Å². The number of nitrogens with one attached hydrogen (secondary N) is 1. The van der Waals surface area contributed by atoms with Gasteiger partial charge in [-0.15, -0.1) is 0 Å². The van der Waals surface area contributed by atoms with Gasteiger partial charge in [-0.2, -0.15) is 0 Å². The van der Waals surface area contributed by atoms with Crippen molar-refractivity contribution >= 4 is 5.91 Å². The molecule has 16 heavy (non-hydrogen) atoms. The van der Waals surface area contributed by atoms with Crippen LogP contribution in [0.4, 0.5) is 0 Å². The van der Waals surface area contributed by atoms with Gasteiger partial charge >= 0.3 is 0 Å².